The van der Waals surface area contributed by atoms with E-state index >= 15 is 0 Å². The van der Waals surface area contributed by atoms with Crippen molar-refractivity contribution in [3.63, 3.8) is 0 Å². The van der Waals surface area contributed by atoms with Gasteiger partial charge in [-0.25, -0.2) is 0 Å². The van der Waals surface area contributed by atoms with Crippen molar-refractivity contribution in [3.8, 4) is 5.75 Å². The van der Waals surface area contributed by atoms with E-state index < -0.39 is 5.54 Å². The largest absolute Gasteiger partial charge is 0.496 e. The van der Waals surface area contributed by atoms with E-state index in [2.05, 4.69) is 0 Å². The average Bonchev–Trinajstić information content (AvgIpc) is 2.29. The summed E-state index contributed by atoms with van der Waals surface area (Å²) in [5, 5.41) is 0.587. The molecule has 0 aliphatic heterocycles. The van der Waals surface area contributed by atoms with Gasteiger partial charge in [0.15, 0.2) is 5.78 Å². The molecule has 94 valence electrons. The van der Waals surface area contributed by atoms with Gasteiger partial charge < -0.3 is 10.5 Å². The third kappa shape index (κ3) is 3.45. The van der Waals surface area contributed by atoms with Gasteiger partial charge in [0, 0.05) is 17.0 Å². The molecule has 0 amide bonds. The zero-order valence-corrected chi connectivity index (χ0v) is 11.2. The Kier molecular flexibility index (Phi) is 4.54. The molecule has 1 rings (SSSR count). The lowest BCUT2D eigenvalue weighted by Crippen LogP contribution is -2.45. The minimum atomic E-state index is -0.798. The van der Waals surface area contributed by atoms with Gasteiger partial charge in [-0.3, -0.25) is 4.79 Å². The highest BCUT2D eigenvalue weighted by Crippen LogP contribution is 2.24. The predicted molar refractivity (Wildman–Crippen MR) is 69.6 cm³/mol. The van der Waals surface area contributed by atoms with Crippen LogP contribution >= 0.6 is 11.6 Å². The van der Waals surface area contributed by atoms with E-state index in [1.165, 1.54) is 0 Å². The number of carbonyl (C=O) groups is 1. The molecule has 1 aromatic carbocycles. The highest BCUT2D eigenvalue weighted by molar-refractivity contribution is 6.30. The predicted octanol–water partition coefficient (Wildman–Crippen LogP) is 2.59. The lowest BCUT2D eigenvalue weighted by Gasteiger charge is -2.21. The molecule has 0 aromatic heterocycles. The second-order valence-corrected chi connectivity index (χ2v) is 4.76. The Bertz CT molecular complexity index is 416. The fourth-order valence-corrected chi connectivity index (χ4v) is 1.65. The van der Waals surface area contributed by atoms with Gasteiger partial charge in [-0.2, -0.15) is 0 Å². The van der Waals surface area contributed by atoms with E-state index in [0.717, 1.165) is 5.56 Å². The van der Waals surface area contributed by atoms with Crippen LogP contribution in [0, 0.1) is 0 Å². The quantitative estimate of drug-likeness (QED) is 0.880. The Labute approximate surface area is 107 Å². The van der Waals surface area contributed by atoms with Crippen LogP contribution < -0.4 is 10.5 Å². The lowest BCUT2D eigenvalue weighted by molar-refractivity contribution is -0.123. The van der Waals surface area contributed by atoms with Gasteiger partial charge in [0.25, 0.3) is 0 Å². The molecule has 0 fully saturated rings. The Morgan fingerprint density at radius 3 is 2.71 bits per heavy atom. The van der Waals surface area contributed by atoms with Crippen LogP contribution in [0.1, 0.15) is 25.8 Å². The van der Waals surface area contributed by atoms with Crippen LogP contribution in [0.25, 0.3) is 0 Å². The van der Waals surface area contributed by atoms with Crippen LogP contribution in [0.15, 0.2) is 18.2 Å². The van der Waals surface area contributed by atoms with Crippen LogP contribution in [0.4, 0.5) is 0 Å². The maximum Gasteiger partial charge on any atom is 0.156 e. The fraction of sp³-hybridized carbons (Fsp3) is 0.462. The van der Waals surface area contributed by atoms with Gasteiger partial charge in [-0.05, 0) is 31.5 Å². The summed E-state index contributed by atoms with van der Waals surface area (Å²) < 4.78 is 5.20. The van der Waals surface area contributed by atoms with Gasteiger partial charge in [0.2, 0.25) is 0 Å². The van der Waals surface area contributed by atoms with E-state index in [1.54, 1.807) is 32.2 Å². The lowest BCUT2D eigenvalue weighted by atomic mass is 9.90. The SMILES string of the molecule is CCC(C)(N)C(=O)Cc1cc(Cl)ccc1OC. The van der Waals surface area contributed by atoms with E-state index in [-0.39, 0.29) is 12.2 Å². The highest BCUT2D eigenvalue weighted by Gasteiger charge is 2.26. The molecule has 3 nitrogen and oxygen atoms in total. The summed E-state index contributed by atoms with van der Waals surface area (Å²) in [6, 6.07) is 5.23. The van der Waals surface area contributed by atoms with Gasteiger partial charge in [0.1, 0.15) is 5.75 Å². The Hall–Kier alpha value is -1.06. The van der Waals surface area contributed by atoms with Crippen molar-refractivity contribution in [3.05, 3.63) is 28.8 Å². The molecule has 0 spiro atoms. The van der Waals surface area contributed by atoms with Crippen molar-refractivity contribution in [1.82, 2.24) is 0 Å². The first-order valence-corrected chi connectivity index (χ1v) is 5.93. The zero-order valence-electron chi connectivity index (χ0n) is 10.4. The molecule has 0 saturated heterocycles. The van der Waals surface area contributed by atoms with Gasteiger partial charge in [-0.15, -0.1) is 0 Å². The monoisotopic (exact) mass is 255 g/mol. The van der Waals surface area contributed by atoms with E-state index in [4.69, 9.17) is 22.1 Å². The number of ketones is 1. The minimum Gasteiger partial charge on any atom is -0.496 e. The van der Waals surface area contributed by atoms with Crippen LogP contribution in [-0.4, -0.2) is 18.4 Å². The molecule has 0 aliphatic carbocycles. The van der Waals surface area contributed by atoms with Crippen molar-refractivity contribution in [2.75, 3.05) is 7.11 Å². The number of rotatable bonds is 5. The van der Waals surface area contributed by atoms with Gasteiger partial charge in [0.05, 0.1) is 12.6 Å². The average molecular weight is 256 g/mol. The molecule has 0 radical (unpaired) electrons. The highest BCUT2D eigenvalue weighted by atomic mass is 35.5. The summed E-state index contributed by atoms with van der Waals surface area (Å²) in [6.45, 7) is 3.64. The number of hydrogen-bond donors (Lipinski definition) is 1. The first-order valence-electron chi connectivity index (χ1n) is 5.55. The van der Waals surface area contributed by atoms with Crippen LogP contribution in [0.5, 0.6) is 5.75 Å². The summed E-state index contributed by atoms with van der Waals surface area (Å²) in [5.74, 6) is 0.648. The van der Waals surface area contributed by atoms with Crippen molar-refractivity contribution in [2.24, 2.45) is 5.73 Å². The van der Waals surface area contributed by atoms with Crippen molar-refractivity contribution in [1.29, 1.82) is 0 Å². The summed E-state index contributed by atoms with van der Waals surface area (Å²) in [4.78, 5) is 12.0. The summed E-state index contributed by atoms with van der Waals surface area (Å²) in [5.41, 5.74) is 5.89. The van der Waals surface area contributed by atoms with Crippen molar-refractivity contribution < 1.29 is 9.53 Å². The Balaban J connectivity index is 2.95. The summed E-state index contributed by atoms with van der Waals surface area (Å²) in [7, 11) is 1.57. The smallest absolute Gasteiger partial charge is 0.156 e. The molecule has 0 aliphatic rings. The molecule has 1 atom stereocenters. The molecular weight excluding hydrogens is 238 g/mol. The molecule has 0 heterocycles. The first kappa shape index (κ1) is 14.0. The molecule has 1 aromatic rings. The first-order chi connectivity index (χ1) is 7.90. The maximum atomic E-state index is 12.0. The standard InChI is InChI=1S/C13H18ClNO2/c1-4-13(2,15)12(16)8-9-7-10(14)5-6-11(9)17-3/h5-7H,4,8,15H2,1-3H3. The van der Waals surface area contributed by atoms with Gasteiger partial charge in [-0.1, -0.05) is 18.5 Å². The molecule has 0 bridgehead atoms. The molecule has 17 heavy (non-hydrogen) atoms. The number of Topliss-reactive ketones (excluding diaryl/α,β-unsaturated/α-hetero) is 1. The summed E-state index contributed by atoms with van der Waals surface area (Å²) >= 11 is 5.91. The number of hydrogen-bond acceptors (Lipinski definition) is 3. The second kappa shape index (κ2) is 5.52. The van der Waals surface area contributed by atoms with E-state index in [1.807, 2.05) is 6.92 Å². The maximum absolute atomic E-state index is 12.0. The Morgan fingerprint density at radius 2 is 2.18 bits per heavy atom. The molecule has 0 saturated carbocycles. The topological polar surface area (TPSA) is 52.3 Å². The van der Waals surface area contributed by atoms with Crippen molar-refractivity contribution in [2.45, 2.75) is 32.2 Å². The van der Waals surface area contributed by atoms with E-state index in [0.29, 0.717) is 17.2 Å². The van der Waals surface area contributed by atoms with Crippen LogP contribution in [-0.2, 0) is 11.2 Å². The second-order valence-electron chi connectivity index (χ2n) is 4.33. The third-order valence-electron chi connectivity index (χ3n) is 2.96. The van der Waals surface area contributed by atoms with Crippen molar-refractivity contribution >= 4 is 17.4 Å². The summed E-state index contributed by atoms with van der Waals surface area (Å²) in [6.07, 6.45) is 0.847. The van der Waals surface area contributed by atoms with Gasteiger partial charge >= 0.3 is 0 Å². The number of carbonyl (C=O) groups excluding carboxylic acids is 1. The minimum absolute atomic E-state index is 0.0134. The van der Waals surface area contributed by atoms with Crippen LogP contribution in [0.3, 0.4) is 0 Å². The normalized spacial score (nSPS) is 14.2. The van der Waals surface area contributed by atoms with E-state index in [9.17, 15) is 4.79 Å². The molecular formula is C13H18ClNO2. The number of nitrogens with two attached hydrogens (primary N) is 1. The van der Waals surface area contributed by atoms with Crippen LogP contribution in [0.2, 0.25) is 5.02 Å². The third-order valence-corrected chi connectivity index (χ3v) is 3.20. The molecule has 1 unspecified atom stereocenters. The Morgan fingerprint density at radius 1 is 1.53 bits per heavy atom. The number of halogens is 1. The number of ether oxygens (including phenoxy) is 1. The number of methoxy groups -OCH3 is 1. The fourth-order valence-electron chi connectivity index (χ4n) is 1.46. The number of benzene rings is 1. The molecule has 2 N–H and O–H groups in total. The molecule has 4 heteroatoms. The zero-order chi connectivity index (χ0) is 13.1.